The molecule has 17 heavy (non-hydrogen) atoms. The third-order valence-corrected chi connectivity index (χ3v) is 4.43. The average Bonchev–Trinajstić information content (AvgIpc) is 2.33. The van der Waals surface area contributed by atoms with Crippen molar-refractivity contribution in [3.63, 3.8) is 0 Å². The van der Waals surface area contributed by atoms with E-state index in [-0.39, 0.29) is 6.10 Å². The molecule has 1 aliphatic rings. The molecule has 1 fully saturated rings. The molecule has 0 amide bonds. The molecular formula is C13H18O3S. The summed E-state index contributed by atoms with van der Waals surface area (Å²) in [6.07, 6.45) is 0.869. The third-order valence-electron chi connectivity index (χ3n) is 3.00. The zero-order valence-corrected chi connectivity index (χ0v) is 10.8. The van der Waals surface area contributed by atoms with Crippen LogP contribution in [-0.2, 0) is 15.5 Å². The van der Waals surface area contributed by atoms with Gasteiger partial charge in [0.05, 0.1) is 28.8 Å². The molecule has 1 N–H and O–H groups in total. The van der Waals surface area contributed by atoms with Gasteiger partial charge in [0, 0.05) is 11.5 Å². The van der Waals surface area contributed by atoms with Gasteiger partial charge in [-0.1, -0.05) is 17.7 Å². The van der Waals surface area contributed by atoms with Crippen molar-refractivity contribution in [3.8, 4) is 0 Å². The van der Waals surface area contributed by atoms with Gasteiger partial charge in [-0.3, -0.25) is 4.21 Å². The van der Waals surface area contributed by atoms with E-state index >= 15 is 0 Å². The lowest BCUT2D eigenvalue weighted by Crippen LogP contribution is -2.38. The Labute approximate surface area is 104 Å². The van der Waals surface area contributed by atoms with Crippen molar-refractivity contribution in [1.82, 2.24) is 0 Å². The second kappa shape index (κ2) is 5.76. The second-order valence-corrected chi connectivity index (χ2v) is 5.94. The maximum Gasteiger partial charge on any atom is 0.0952 e. The monoisotopic (exact) mass is 254 g/mol. The molecule has 2 rings (SSSR count). The van der Waals surface area contributed by atoms with Crippen molar-refractivity contribution in [2.24, 2.45) is 0 Å². The summed E-state index contributed by atoms with van der Waals surface area (Å²) in [5.74, 6) is 0.379. The van der Waals surface area contributed by atoms with Crippen LogP contribution >= 0.6 is 0 Å². The number of aliphatic hydroxyl groups is 1. The van der Waals surface area contributed by atoms with E-state index in [2.05, 4.69) is 0 Å². The van der Waals surface area contributed by atoms with E-state index in [4.69, 9.17) is 4.74 Å². The van der Waals surface area contributed by atoms with Gasteiger partial charge >= 0.3 is 0 Å². The van der Waals surface area contributed by atoms with Gasteiger partial charge in [-0.15, -0.1) is 0 Å². The lowest BCUT2D eigenvalue weighted by molar-refractivity contribution is -0.0612. The Kier molecular flexibility index (Phi) is 4.31. The molecule has 3 nitrogen and oxygen atoms in total. The molecule has 0 radical (unpaired) electrons. The van der Waals surface area contributed by atoms with Crippen LogP contribution < -0.4 is 0 Å². The van der Waals surface area contributed by atoms with E-state index in [9.17, 15) is 9.32 Å². The zero-order chi connectivity index (χ0) is 12.3. The van der Waals surface area contributed by atoms with E-state index in [1.807, 2.05) is 31.2 Å². The van der Waals surface area contributed by atoms with Crippen LogP contribution in [0.25, 0.3) is 0 Å². The molecule has 0 saturated carbocycles. The molecule has 1 heterocycles. The number of rotatable bonds is 3. The van der Waals surface area contributed by atoms with Crippen LogP contribution in [0, 0.1) is 6.92 Å². The first-order valence-electron chi connectivity index (χ1n) is 5.91. The van der Waals surface area contributed by atoms with Crippen LogP contribution in [0.15, 0.2) is 29.2 Å². The van der Waals surface area contributed by atoms with Gasteiger partial charge in [-0.2, -0.15) is 0 Å². The molecule has 4 heteroatoms. The Balaban J connectivity index is 1.98. The van der Waals surface area contributed by atoms with Gasteiger partial charge in [0.15, 0.2) is 0 Å². The molecule has 1 aromatic carbocycles. The lowest BCUT2D eigenvalue weighted by Gasteiger charge is -2.27. The molecule has 1 aliphatic heterocycles. The summed E-state index contributed by atoms with van der Waals surface area (Å²) in [6.45, 7) is 2.66. The van der Waals surface area contributed by atoms with E-state index in [0.29, 0.717) is 12.4 Å². The van der Waals surface area contributed by atoms with Crippen molar-refractivity contribution in [3.05, 3.63) is 29.8 Å². The predicted molar refractivity (Wildman–Crippen MR) is 67.4 cm³/mol. The highest BCUT2D eigenvalue weighted by Crippen LogP contribution is 2.17. The van der Waals surface area contributed by atoms with E-state index < -0.39 is 16.9 Å². The molecule has 1 saturated heterocycles. The molecule has 0 bridgehead atoms. The van der Waals surface area contributed by atoms with E-state index in [0.717, 1.165) is 23.3 Å². The zero-order valence-electron chi connectivity index (χ0n) is 9.96. The van der Waals surface area contributed by atoms with Crippen LogP contribution in [0.3, 0.4) is 0 Å². The minimum Gasteiger partial charge on any atom is -0.390 e. The highest BCUT2D eigenvalue weighted by atomic mass is 32.2. The average molecular weight is 254 g/mol. The molecule has 1 aromatic rings. The van der Waals surface area contributed by atoms with Crippen molar-refractivity contribution in [2.75, 3.05) is 12.4 Å². The minimum atomic E-state index is -1.09. The molecule has 0 aromatic heterocycles. The SMILES string of the molecule is Cc1ccc([S@@](=O)C[C@@H]2OCCC[C@H]2O)cc1. The topological polar surface area (TPSA) is 46.5 Å². The summed E-state index contributed by atoms with van der Waals surface area (Å²) >= 11 is 0. The molecule has 0 aliphatic carbocycles. The van der Waals surface area contributed by atoms with Gasteiger partial charge in [0.2, 0.25) is 0 Å². The van der Waals surface area contributed by atoms with Crippen LogP contribution in [0.4, 0.5) is 0 Å². The number of hydrogen-bond donors (Lipinski definition) is 1. The van der Waals surface area contributed by atoms with E-state index in [1.54, 1.807) is 0 Å². The quantitative estimate of drug-likeness (QED) is 0.892. The summed E-state index contributed by atoms with van der Waals surface area (Å²) < 4.78 is 17.6. The second-order valence-electron chi connectivity index (χ2n) is 4.44. The van der Waals surface area contributed by atoms with Crippen molar-refractivity contribution in [2.45, 2.75) is 36.9 Å². The smallest absolute Gasteiger partial charge is 0.0952 e. The predicted octanol–water partition coefficient (Wildman–Crippen LogP) is 1.64. The van der Waals surface area contributed by atoms with Crippen LogP contribution in [-0.4, -0.2) is 33.9 Å². The Hall–Kier alpha value is -0.710. The normalized spacial score (nSPS) is 26.7. The summed E-state index contributed by atoms with van der Waals surface area (Å²) in [7, 11) is -1.09. The summed E-state index contributed by atoms with van der Waals surface area (Å²) in [6, 6.07) is 7.65. The number of benzene rings is 1. The van der Waals surface area contributed by atoms with Crippen molar-refractivity contribution >= 4 is 10.8 Å². The molecular weight excluding hydrogens is 236 g/mol. The first kappa shape index (κ1) is 12.7. The highest BCUT2D eigenvalue weighted by molar-refractivity contribution is 7.85. The Morgan fingerprint density at radius 2 is 2.12 bits per heavy atom. The van der Waals surface area contributed by atoms with E-state index in [1.165, 1.54) is 0 Å². The standard InChI is InChI=1S/C13H18O3S/c1-10-4-6-11(7-5-10)17(15)9-13-12(14)3-2-8-16-13/h4-7,12-14H,2-3,8-9H2,1H3/t12-,13+,17+/m1/s1. The lowest BCUT2D eigenvalue weighted by atomic mass is 10.1. The Morgan fingerprint density at radius 3 is 2.76 bits per heavy atom. The number of hydrogen-bond acceptors (Lipinski definition) is 3. The minimum absolute atomic E-state index is 0.286. The Morgan fingerprint density at radius 1 is 1.41 bits per heavy atom. The van der Waals surface area contributed by atoms with Gasteiger partial charge in [-0.25, -0.2) is 0 Å². The molecule has 0 unspecified atom stereocenters. The van der Waals surface area contributed by atoms with Gasteiger partial charge < -0.3 is 9.84 Å². The maximum atomic E-state index is 12.1. The summed E-state index contributed by atoms with van der Waals surface area (Å²) in [4.78, 5) is 0.803. The number of aryl methyl sites for hydroxylation is 1. The summed E-state index contributed by atoms with van der Waals surface area (Å²) in [5.41, 5.74) is 1.15. The number of aliphatic hydroxyl groups excluding tert-OH is 1. The maximum absolute atomic E-state index is 12.1. The summed E-state index contributed by atoms with van der Waals surface area (Å²) in [5, 5.41) is 9.75. The fourth-order valence-electron chi connectivity index (χ4n) is 1.92. The largest absolute Gasteiger partial charge is 0.390 e. The van der Waals surface area contributed by atoms with Crippen LogP contribution in [0.2, 0.25) is 0 Å². The Bertz CT molecular complexity index is 388. The molecule has 0 spiro atoms. The highest BCUT2D eigenvalue weighted by Gasteiger charge is 2.26. The van der Waals surface area contributed by atoms with Crippen LogP contribution in [0.1, 0.15) is 18.4 Å². The van der Waals surface area contributed by atoms with Crippen molar-refractivity contribution < 1.29 is 14.1 Å². The van der Waals surface area contributed by atoms with Crippen LogP contribution in [0.5, 0.6) is 0 Å². The first-order valence-corrected chi connectivity index (χ1v) is 7.23. The van der Waals surface area contributed by atoms with Gasteiger partial charge in [0.1, 0.15) is 0 Å². The fraction of sp³-hybridized carbons (Fsp3) is 0.538. The number of ether oxygens (including phenoxy) is 1. The van der Waals surface area contributed by atoms with Gasteiger partial charge in [0.25, 0.3) is 0 Å². The first-order chi connectivity index (χ1) is 8.16. The van der Waals surface area contributed by atoms with Gasteiger partial charge in [-0.05, 0) is 31.9 Å². The molecule has 94 valence electrons. The van der Waals surface area contributed by atoms with Crippen molar-refractivity contribution in [1.29, 1.82) is 0 Å². The molecule has 3 atom stereocenters. The fourth-order valence-corrected chi connectivity index (χ4v) is 3.17. The third kappa shape index (κ3) is 3.37.